The highest BCUT2D eigenvalue weighted by atomic mass is 19.4. The number of hydrogen-bond donors (Lipinski definition) is 1. The van der Waals surface area contributed by atoms with Crippen molar-refractivity contribution in [1.82, 2.24) is 9.78 Å². The Kier molecular flexibility index (Phi) is 3.19. The summed E-state index contributed by atoms with van der Waals surface area (Å²) in [5, 5.41) is 6.74. The number of benzene rings is 1. The van der Waals surface area contributed by atoms with E-state index in [0.29, 0.717) is 18.8 Å². The molecule has 3 nitrogen and oxygen atoms in total. The van der Waals surface area contributed by atoms with Crippen molar-refractivity contribution in [2.75, 3.05) is 11.9 Å². The summed E-state index contributed by atoms with van der Waals surface area (Å²) >= 11 is 0. The van der Waals surface area contributed by atoms with Gasteiger partial charge in [0.2, 0.25) is 0 Å². The maximum atomic E-state index is 12.8. The molecule has 6 heteroatoms. The molecule has 3 rings (SSSR count). The van der Waals surface area contributed by atoms with E-state index < -0.39 is 11.9 Å². The lowest BCUT2D eigenvalue weighted by Crippen LogP contribution is -2.24. The van der Waals surface area contributed by atoms with Gasteiger partial charge in [0.1, 0.15) is 5.82 Å². The van der Waals surface area contributed by atoms with Crippen LogP contribution >= 0.6 is 0 Å². The van der Waals surface area contributed by atoms with E-state index in [1.807, 2.05) is 32.0 Å². The van der Waals surface area contributed by atoms with Crippen LogP contribution in [-0.4, -0.2) is 16.3 Å². The number of aryl methyl sites for hydroxylation is 2. The number of rotatable bonds is 1. The maximum Gasteiger partial charge on any atom is 0.435 e. The predicted molar refractivity (Wildman–Crippen MR) is 74.4 cm³/mol. The van der Waals surface area contributed by atoms with E-state index in [1.165, 1.54) is 10.2 Å². The fourth-order valence-corrected chi connectivity index (χ4v) is 2.64. The molecule has 112 valence electrons. The molecule has 0 amide bonds. The van der Waals surface area contributed by atoms with Crippen LogP contribution in [0.1, 0.15) is 34.8 Å². The van der Waals surface area contributed by atoms with Gasteiger partial charge in [0.05, 0.1) is 6.04 Å². The molecule has 2 heterocycles. The van der Waals surface area contributed by atoms with Crippen molar-refractivity contribution >= 4 is 5.82 Å². The van der Waals surface area contributed by atoms with Crippen molar-refractivity contribution in [2.24, 2.45) is 0 Å². The zero-order valence-electron chi connectivity index (χ0n) is 11.8. The summed E-state index contributed by atoms with van der Waals surface area (Å²) in [5.41, 5.74) is 2.46. The minimum atomic E-state index is -4.42. The zero-order valence-corrected chi connectivity index (χ0v) is 11.8. The molecule has 1 aromatic carbocycles. The van der Waals surface area contributed by atoms with Crippen LogP contribution in [0.4, 0.5) is 19.0 Å². The molecule has 1 aromatic heterocycles. The van der Waals surface area contributed by atoms with Crippen LogP contribution in [0.5, 0.6) is 0 Å². The van der Waals surface area contributed by atoms with E-state index >= 15 is 0 Å². The molecule has 21 heavy (non-hydrogen) atoms. The van der Waals surface area contributed by atoms with Crippen LogP contribution in [0.15, 0.2) is 24.3 Å². The Morgan fingerprint density at radius 2 is 1.95 bits per heavy atom. The molecule has 0 saturated heterocycles. The van der Waals surface area contributed by atoms with Gasteiger partial charge >= 0.3 is 6.18 Å². The summed E-state index contributed by atoms with van der Waals surface area (Å²) in [5.74, 6) is 0.428. The third-order valence-corrected chi connectivity index (χ3v) is 3.96. The van der Waals surface area contributed by atoms with E-state index in [1.54, 1.807) is 0 Å². The Morgan fingerprint density at radius 3 is 2.62 bits per heavy atom. The molecule has 1 unspecified atom stereocenters. The number of aromatic nitrogens is 2. The van der Waals surface area contributed by atoms with Gasteiger partial charge < -0.3 is 5.32 Å². The molecule has 0 aliphatic carbocycles. The highest BCUT2D eigenvalue weighted by Gasteiger charge is 2.36. The Hall–Kier alpha value is -1.98. The summed E-state index contributed by atoms with van der Waals surface area (Å²) in [6, 6.07) is 6.92. The largest absolute Gasteiger partial charge is 0.435 e. The molecule has 1 aliphatic rings. The van der Waals surface area contributed by atoms with Crippen LogP contribution in [0.3, 0.4) is 0 Å². The molecule has 0 fully saturated rings. The smallest absolute Gasteiger partial charge is 0.370 e. The molecular weight excluding hydrogens is 279 g/mol. The average Bonchev–Trinajstić information content (AvgIpc) is 2.86. The number of anilines is 1. The van der Waals surface area contributed by atoms with Crippen molar-refractivity contribution in [2.45, 2.75) is 32.5 Å². The lowest BCUT2D eigenvalue weighted by molar-refractivity contribution is -0.141. The van der Waals surface area contributed by atoms with Gasteiger partial charge in [-0.15, -0.1) is 0 Å². The standard InChI is InChI=1S/C15H16F3N3/c1-9-3-4-11(7-10(9)2)12-5-6-19-14-8-13(15(16,17)18)20-21(12)14/h3-4,7-8,12,19H,5-6H2,1-2H3. The van der Waals surface area contributed by atoms with Crippen LogP contribution in [0.2, 0.25) is 0 Å². The first-order valence-corrected chi connectivity index (χ1v) is 6.84. The second kappa shape index (κ2) is 4.79. The van der Waals surface area contributed by atoms with Gasteiger partial charge in [-0.3, -0.25) is 0 Å². The average molecular weight is 295 g/mol. The van der Waals surface area contributed by atoms with Crippen LogP contribution < -0.4 is 5.32 Å². The Labute approximate surface area is 120 Å². The molecule has 0 spiro atoms. The molecule has 1 atom stereocenters. The fraction of sp³-hybridized carbons (Fsp3) is 0.400. The second-order valence-corrected chi connectivity index (χ2v) is 5.43. The van der Waals surface area contributed by atoms with E-state index in [-0.39, 0.29) is 6.04 Å². The van der Waals surface area contributed by atoms with Gasteiger partial charge in [0, 0.05) is 12.6 Å². The third-order valence-electron chi connectivity index (χ3n) is 3.96. The number of nitrogens with zero attached hydrogens (tertiary/aromatic N) is 2. The minimum Gasteiger partial charge on any atom is -0.370 e. The Morgan fingerprint density at radius 1 is 1.19 bits per heavy atom. The first kappa shape index (κ1) is 14.0. The van der Waals surface area contributed by atoms with Gasteiger partial charge in [-0.2, -0.15) is 18.3 Å². The van der Waals surface area contributed by atoms with Crippen molar-refractivity contribution in [3.05, 3.63) is 46.6 Å². The number of alkyl halides is 3. The zero-order chi connectivity index (χ0) is 15.2. The molecular formula is C15H16F3N3. The van der Waals surface area contributed by atoms with Crippen LogP contribution in [-0.2, 0) is 6.18 Å². The SMILES string of the molecule is Cc1ccc(C2CCNc3cc(C(F)(F)F)nn32)cc1C. The number of hydrogen-bond acceptors (Lipinski definition) is 2. The highest BCUT2D eigenvalue weighted by molar-refractivity contribution is 5.43. The van der Waals surface area contributed by atoms with E-state index in [9.17, 15) is 13.2 Å². The summed E-state index contributed by atoms with van der Waals surface area (Å²) < 4.78 is 39.9. The van der Waals surface area contributed by atoms with Gasteiger partial charge in [-0.25, -0.2) is 4.68 Å². The van der Waals surface area contributed by atoms with Crippen molar-refractivity contribution in [3.63, 3.8) is 0 Å². The van der Waals surface area contributed by atoms with Crippen molar-refractivity contribution < 1.29 is 13.2 Å². The van der Waals surface area contributed by atoms with Crippen LogP contribution in [0, 0.1) is 13.8 Å². The maximum absolute atomic E-state index is 12.8. The van der Waals surface area contributed by atoms with Crippen molar-refractivity contribution in [1.29, 1.82) is 0 Å². The Bertz CT molecular complexity index is 673. The van der Waals surface area contributed by atoms with E-state index in [2.05, 4.69) is 10.4 Å². The second-order valence-electron chi connectivity index (χ2n) is 5.43. The van der Waals surface area contributed by atoms with Gasteiger partial charge in [0.25, 0.3) is 0 Å². The number of nitrogens with one attached hydrogen (secondary N) is 1. The molecule has 1 N–H and O–H groups in total. The molecule has 0 saturated carbocycles. The quantitative estimate of drug-likeness (QED) is 0.864. The molecule has 1 aliphatic heterocycles. The lowest BCUT2D eigenvalue weighted by Gasteiger charge is -2.26. The lowest BCUT2D eigenvalue weighted by atomic mass is 9.98. The third kappa shape index (κ3) is 2.50. The Balaban J connectivity index is 2.03. The van der Waals surface area contributed by atoms with E-state index in [0.717, 1.165) is 17.2 Å². The van der Waals surface area contributed by atoms with E-state index in [4.69, 9.17) is 0 Å². The number of halogens is 3. The highest BCUT2D eigenvalue weighted by Crippen LogP contribution is 2.35. The fourth-order valence-electron chi connectivity index (χ4n) is 2.64. The summed E-state index contributed by atoms with van der Waals surface area (Å²) in [4.78, 5) is 0. The predicted octanol–water partition coefficient (Wildman–Crippen LogP) is 3.92. The molecule has 0 radical (unpaired) electrons. The first-order chi connectivity index (χ1) is 9.86. The normalized spacial score (nSPS) is 18.2. The van der Waals surface area contributed by atoms with Gasteiger partial charge in [0.15, 0.2) is 5.69 Å². The van der Waals surface area contributed by atoms with Crippen LogP contribution in [0.25, 0.3) is 0 Å². The van der Waals surface area contributed by atoms with Gasteiger partial charge in [-0.05, 0) is 37.0 Å². The molecule has 2 aromatic rings. The summed E-state index contributed by atoms with van der Waals surface area (Å²) in [6.45, 7) is 4.66. The number of fused-ring (bicyclic) bond motifs is 1. The molecule has 0 bridgehead atoms. The topological polar surface area (TPSA) is 29.9 Å². The summed E-state index contributed by atoms with van der Waals surface area (Å²) in [6.07, 6.45) is -3.70. The van der Waals surface area contributed by atoms with Gasteiger partial charge in [-0.1, -0.05) is 18.2 Å². The summed E-state index contributed by atoms with van der Waals surface area (Å²) in [7, 11) is 0. The monoisotopic (exact) mass is 295 g/mol. The minimum absolute atomic E-state index is 0.156. The first-order valence-electron chi connectivity index (χ1n) is 6.84. The van der Waals surface area contributed by atoms with Crippen molar-refractivity contribution in [3.8, 4) is 0 Å².